The van der Waals surface area contributed by atoms with Gasteiger partial charge in [0.2, 0.25) is 5.90 Å². The Morgan fingerprint density at radius 3 is 2.37 bits per heavy atom. The molecule has 2 aromatic rings. The summed E-state index contributed by atoms with van der Waals surface area (Å²) in [6.07, 6.45) is 0.995. The van der Waals surface area contributed by atoms with Crippen LogP contribution in [-0.4, -0.2) is 11.9 Å². The second-order valence-corrected chi connectivity index (χ2v) is 4.37. The molecular formula is C16H13NO2. The molecule has 0 aromatic heterocycles. The lowest BCUT2D eigenvalue weighted by molar-refractivity contribution is 0.0737. The van der Waals surface area contributed by atoms with Gasteiger partial charge in [0.15, 0.2) is 0 Å². The van der Waals surface area contributed by atoms with Crippen LogP contribution in [0.2, 0.25) is 0 Å². The standard InChI is InChI=1S/C16H13NO2/c1-2-11-7-9-12(10-8-11)17-15-13-5-3-4-6-14(13)16(18)19-15/h3-10H,2H2,1H3/b17-15-. The van der Waals surface area contributed by atoms with Crippen LogP contribution < -0.4 is 0 Å². The van der Waals surface area contributed by atoms with Crippen LogP contribution in [0.1, 0.15) is 28.4 Å². The number of benzene rings is 2. The molecule has 2 aromatic carbocycles. The number of carbonyl (C=O) groups is 1. The van der Waals surface area contributed by atoms with E-state index in [1.54, 1.807) is 6.07 Å². The molecule has 0 saturated carbocycles. The van der Waals surface area contributed by atoms with Gasteiger partial charge in [-0.1, -0.05) is 31.2 Å². The highest BCUT2D eigenvalue weighted by Gasteiger charge is 2.27. The zero-order valence-electron chi connectivity index (χ0n) is 10.6. The summed E-state index contributed by atoms with van der Waals surface area (Å²) in [4.78, 5) is 16.1. The van der Waals surface area contributed by atoms with Gasteiger partial charge in [-0.3, -0.25) is 0 Å². The Morgan fingerprint density at radius 1 is 1.00 bits per heavy atom. The number of rotatable bonds is 2. The topological polar surface area (TPSA) is 38.7 Å². The van der Waals surface area contributed by atoms with Crippen LogP contribution in [0.3, 0.4) is 0 Å². The molecular weight excluding hydrogens is 238 g/mol. The molecule has 0 unspecified atom stereocenters. The van der Waals surface area contributed by atoms with Crippen molar-refractivity contribution in [3.8, 4) is 0 Å². The fourth-order valence-corrected chi connectivity index (χ4v) is 2.05. The van der Waals surface area contributed by atoms with E-state index in [0.29, 0.717) is 11.5 Å². The molecule has 19 heavy (non-hydrogen) atoms. The van der Waals surface area contributed by atoms with E-state index < -0.39 is 0 Å². The summed E-state index contributed by atoms with van der Waals surface area (Å²) in [5.41, 5.74) is 3.38. The third-order valence-corrected chi connectivity index (χ3v) is 3.14. The van der Waals surface area contributed by atoms with Gasteiger partial charge in [0.1, 0.15) is 0 Å². The molecule has 1 heterocycles. The van der Waals surface area contributed by atoms with Crippen molar-refractivity contribution in [2.75, 3.05) is 0 Å². The fourth-order valence-electron chi connectivity index (χ4n) is 2.05. The molecule has 3 heteroatoms. The van der Waals surface area contributed by atoms with E-state index in [0.717, 1.165) is 17.7 Å². The van der Waals surface area contributed by atoms with Crippen LogP contribution in [0.15, 0.2) is 53.5 Å². The quantitative estimate of drug-likeness (QED) is 0.766. The highest BCUT2D eigenvalue weighted by atomic mass is 16.5. The molecule has 0 spiro atoms. The maximum absolute atomic E-state index is 11.7. The van der Waals surface area contributed by atoms with E-state index in [9.17, 15) is 4.79 Å². The van der Waals surface area contributed by atoms with Gasteiger partial charge in [-0.05, 0) is 36.2 Å². The predicted octanol–water partition coefficient (Wildman–Crippen LogP) is 3.50. The third kappa shape index (κ3) is 2.15. The normalized spacial score (nSPS) is 15.4. The number of ether oxygens (including phenoxy) is 1. The largest absolute Gasteiger partial charge is 0.403 e. The summed E-state index contributed by atoms with van der Waals surface area (Å²) in [6, 6.07) is 15.2. The number of nitrogens with zero attached hydrogens (tertiary/aromatic N) is 1. The first kappa shape index (κ1) is 11.7. The molecule has 94 valence electrons. The van der Waals surface area contributed by atoms with E-state index in [4.69, 9.17) is 4.74 Å². The molecule has 0 fully saturated rings. The summed E-state index contributed by atoms with van der Waals surface area (Å²) in [6.45, 7) is 2.11. The molecule has 0 N–H and O–H groups in total. The van der Waals surface area contributed by atoms with Gasteiger partial charge < -0.3 is 4.74 Å². The number of hydrogen-bond donors (Lipinski definition) is 0. The number of aliphatic imine (C=N–C) groups is 1. The average Bonchev–Trinajstić information content (AvgIpc) is 2.77. The lowest BCUT2D eigenvalue weighted by Gasteiger charge is -2.00. The minimum atomic E-state index is -0.334. The van der Waals surface area contributed by atoms with E-state index in [1.807, 2.05) is 42.5 Å². The zero-order chi connectivity index (χ0) is 13.2. The lowest BCUT2D eigenvalue weighted by Crippen LogP contribution is -1.99. The third-order valence-electron chi connectivity index (χ3n) is 3.14. The number of hydrogen-bond acceptors (Lipinski definition) is 3. The summed E-state index contributed by atoms with van der Waals surface area (Å²) in [5, 5.41) is 0. The van der Waals surface area contributed by atoms with Crippen LogP contribution in [-0.2, 0) is 11.2 Å². The number of esters is 1. The zero-order valence-corrected chi connectivity index (χ0v) is 10.6. The van der Waals surface area contributed by atoms with Crippen molar-refractivity contribution in [2.24, 2.45) is 4.99 Å². The SMILES string of the molecule is CCc1ccc(/N=C2\OC(=O)c3ccccc32)cc1. The molecule has 0 saturated heterocycles. The molecule has 0 amide bonds. The first-order chi connectivity index (χ1) is 9.28. The number of carbonyl (C=O) groups excluding carboxylic acids is 1. The van der Waals surface area contributed by atoms with Crippen molar-refractivity contribution in [3.05, 3.63) is 65.2 Å². The molecule has 1 aliphatic heterocycles. The van der Waals surface area contributed by atoms with Crippen molar-refractivity contribution >= 4 is 17.6 Å². The van der Waals surface area contributed by atoms with Crippen molar-refractivity contribution in [3.63, 3.8) is 0 Å². The second kappa shape index (κ2) is 4.69. The Labute approximate surface area is 111 Å². The van der Waals surface area contributed by atoms with Crippen LogP contribution in [0, 0.1) is 0 Å². The van der Waals surface area contributed by atoms with Crippen LogP contribution >= 0.6 is 0 Å². The van der Waals surface area contributed by atoms with Crippen LogP contribution in [0.4, 0.5) is 5.69 Å². The molecule has 1 aliphatic rings. The van der Waals surface area contributed by atoms with Crippen molar-refractivity contribution in [1.29, 1.82) is 0 Å². The number of cyclic esters (lactones) is 1. The molecule has 3 rings (SSSR count). The Balaban J connectivity index is 1.98. The summed E-state index contributed by atoms with van der Waals surface area (Å²) in [5.74, 6) is 0.0457. The van der Waals surface area contributed by atoms with Gasteiger partial charge in [0.25, 0.3) is 0 Å². The first-order valence-electron chi connectivity index (χ1n) is 6.27. The molecule has 0 aliphatic carbocycles. The van der Waals surface area contributed by atoms with Crippen molar-refractivity contribution < 1.29 is 9.53 Å². The van der Waals surface area contributed by atoms with Crippen LogP contribution in [0.25, 0.3) is 0 Å². The van der Waals surface area contributed by atoms with Gasteiger partial charge >= 0.3 is 5.97 Å². The van der Waals surface area contributed by atoms with Crippen LogP contribution in [0.5, 0.6) is 0 Å². The average molecular weight is 251 g/mol. The van der Waals surface area contributed by atoms with E-state index in [2.05, 4.69) is 11.9 Å². The number of fused-ring (bicyclic) bond motifs is 1. The Bertz CT molecular complexity index is 657. The Hall–Kier alpha value is -2.42. The van der Waals surface area contributed by atoms with E-state index >= 15 is 0 Å². The highest BCUT2D eigenvalue weighted by Crippen LogP contribution is 2.23. The fraction of sp³-hybridized carbons (Fsp3) is 0.125. The first-order valence-corrected chi connectivity index (χ1v) is 6.27. The second-order valence-electron chi connectivity index (χ2n) is 4.37. The van der Waals surface area contributed by atoms with Gasteiger partial charge in [0, 0.05) is 0 Å². The smallest absolute Gasteiger partial charge is 0.345 e. The van der Waals surface area contributed by atoms with Gasteiger partial charge in [-0.2, -0.15) is 0 Å². The van der Waals surface area contributed by atoms with Gasteiger partial charge in [-0.15, -0.1) is 0 Å². The lowest BCUT2D eigenvalue weighted by atomic mass is 10.1. The minimum absolute atomic E-state index is 0.334. The molecule has 0 atom stereocenters. The minimum Gasteiger partial charge on any atom is -0.403 e. The highest BCUT2D eigenvalue weighted by molar-refractivity contribution is 6.17. The summed E-state index contributed by atoms with van der Waals surface area (Å²) in [7, 11) is 0. The molecule has 0 radical (unpaired) electrons. The maximum Gasteiger partial charge on any atom is 0.345 e. The van der Waals surface area contributed by atoms with Crippen molar-refractivity contribution in [2.45, 2.75) is 13.3 Å². The summed E-state index contributed by atoms with van der Waals surface area (Å²) >= 11 is 0. The molecule has 3 nitrogen and oxygen atoms in total. The number of aryl methyl sites for hydroxylation is 1. The Morgan fingerprint density at radius 2 is 1.68 bits per heavy atom. The van der Waals surface area contributed by atoms with Crippen molar-refractivity contribution in [1.82, 2.24) is 0 Å². The van der Waals surface area contributed by atoms with Gasteiger partial charge in [0.05, 0.1) is 16.8 Å². The summed E-state index contributed by atoms with van der Waals surface area (Å²) < 4.78 is 5.20. The van der Waals surface area contributed by atoms with Gasteiger partial charge in [-0.25, -0.2) is 9.79 Å². The van der Waals surface area contributed by atoms with E-state index in [1.165, 1.54) is 5.56 Å². The Kier molecular flexibility index (Phi) is 2.88. The maximum atomic E-state index is 11.7. The predicted molar refractivity (Wildman–Crippen MR) is 73.9 cm³/mol. The monoisotopic (exact) mass is 251 g/mol. The van der Waals surface area contributed by atoms with E-state index in [-0.39, 0.29) is 5.97 Å². The molecule has 0 bridgehead atoms.